The van der Waals surface area contributed by atoms with Crippen LogP contribution in [0.4, 0.5) is 0 Å². The molecule has 4 rings (SSSR count). The van der Waals surface area contributed by atoms with Gasteiger partial charge in [-0.25, -0.2) is 0 Å². The van der Waals surface area contributed by atoms with Gasteiger partial charge in [-0.15, -0.1) is 0 Å². The molecular weight excluding hydrogens is 440 g/mol. The summed E-state index contributed by atoms with van der Waals surface area (Å²) in [5, 5.41) is 14.5. The molecule has 0 aromatic heterocycles. The molecule has 2 aromatic carbocycles. The van der Waals surface area contributed by atoms with Crippen molar-refractivity contribution >= 4 is 5.91 Å². The van der Waals surface area contributed by atoms with Crippen molar-refractivity contribution in [3.63, 3.8) is 0 Å². The third kappa shape index (κ3) is 7.21. The highest BCUT2D eigenvalue weighted by Gasteiger charge is 2.30. The van der Waals surface area contributed by atoms with Gasteiger partial charge in [0, 0.05) is 19.5 Å². The zero-order valence-electron chi connectivity index (χ0n) is 21.0. The average molecular weight is 481 g/mol. The van der Waals surface area contributed by atoms with E-state index in [-0.39, 0.29) is 5.91 Å². The van der Waals surface area contributed by atoms with Crippen LogP contribution in [0.5, 0.6) is 11.5 Å². The first-order chi connectivity index (χ1) is 17.1. The molecule has 6 heteroatoms. The fourth-order valence-electron chi connectivity index (χ4n) is 5.14. The molecule has 0 bridgehead atoms. The molecule has 1 saturated heterocycles. The quantitative estimate of drug-likeness (QED) is 0.426. The Morgan fingerprint density at radius 3 is 2.63 bits per heavy atom. The lowest BCUT2D eigenvalue weighted by Crippen LogP contribution is -2.46. The van der Waals surface area contributed by atoms with Crippen molar-refractivity contribution in [2.75, 3.05) is 32.8 Å². The molecule has 1 amide bonds. The Balaban J connectivity index is 1.41. The highest BCUT2D eigenvalue weighted by molar-refractivity contribution is 5.76. The number of carbonyl (C=O) groups excluding carboxylic acids is 1. The van der Waals surface area contributed by atoms with Crippen molar-refractivity contribution in [1.29, 1.82) is 0 Å². The lowest BCUT2D eigenvalue weighted by atomic mass is 9.98. The number of ether oxygens (including phenoxy) is 2. The number of aliphatic hydroxyl groups is 1. The molecule has 190 valence electrons. The summed E-state index contributed by atoms with van der Waals surface area (Å²) >= 11 is 0. The molecule has 0 unspecified atom stereocenters. The predicted octanol–water partition coefficient (Wildman–Crippen LogP) is 4.83. The molecule has 3 atom stereocenters. The van der Waals surface area contributed by atoms with Crippen LogP contribution in [0, 0.1) is 0 Å². The molecule has 2 N–H and O–H groups in total. The number of likely N-dealkylation sites (tertiary alicyclic amines) is 1. The maximum absolute atomic E-state index is 12.8. The minimum Gasteiger partial charge on any atom is -0.486 e. The van der Waals surface area contributed by atoms with Gasteiger partial charge in [0.15, 0.2) is 11.5 Å². The largest absolute Gasteiger partial charge is 0.486 e. The molecule has 0 spiro atoms. The van der Waals surface area contributed by atoms with Gasteiger partial charge < -0.3 is 24.8 Å². The topological polar surface area (TPSA) is 71.0 Å². The van der Waals surface area contributed by atoms with Crippen LogP contribution in [0.1, 0.15) is 75.0 Å². The number of benzene rings is 2. The Morgan fingerprint density at radius 2 is 1.83 bits per heavy atom. The van der Waals surface area contributed by atoms with Crippen molar-refractivity contribution in [1.82, 2.24) is 10.2 Å². The fraction of sp³-hybridized carbons (Fsp3) is 0.552. The third-order valence-corrected chi connectivity index (χ3v) is 7.14. The maximum Gasteiger partial charge on any atom is 0.220 e. The second-order valence-corrected chi connectivity index (χ2v) is 9.84. The minimum atomic E-state index is -0.828. The molecule has 0 radical (unpaired) electrons. The number of amides is 1. The second kappa shape index (κ2) is 12.9. The van der Waals surface area contributed by atoms with Crippen LogP contribution in [-0.4, -0.2) is 54.8 Å². The number of unbranched alkanes of at least 4 members (excludes halogenated alkanes) is 4. The summed E-state index contributed by atoms with van der Waals surface area (Å²) in [7, 11) is 0. The zero-order chi connectivity index (χ0) is 24.5. The summed E-state index contributed by atoms with van der Waals surface area (Å²) < 4.78 is 11.4. The van der Waals surface area contributed by atoms with Crippen LogP contribution >= 0.6 is 0 Å². The molecule has 0 saturated carbocycles. The monoisotopic (exact) mass is 480 g/mol. The molecule has 2 aliphatic rings. The first kappa shape index (κ1) is 25.5. The molecular formula is C29H40N2O4. The van der Waals surface area contributed by atoms with Crippen molar-refractivity contribution in [2.45, 2.75) is 69.9 Å². The number of hydrogen-bond donors (Lipinski definition) is 2. The summed E-state index contributed by atoms with van der Waals surface area (Å²) in [6, 6.07) is 15.8. The van der Waals surface area contributed by atoms with Gasteiger partial charge in [0.05, 0.1) is 6.04 Å². The van der Waals surface area contributed by atoms with Gasteiger partial charge in [-0.3, -0.25) is 4.79 Å². The summed E-state index contributed by atoms with van der Waals surface area (Å²) in [6.07, 6.45) is 6.29. The molecule has 2 aromatic rings. The third-order valence-electron chi connectivity index (χ3n) is 7.14. The molecule has 35 heavy (non-hydrogen) atoms. The van der Waals surface area contributed by atoms with E-state index >= 15 is 0 Å². The first-order valence-electron chi connectivity index (χ1n) is 13.3. The summed E-state index contributed by atoms with van der Waals surface area (Å²) in [5.41, 5.74) is 2.09. The van der Waals surface area contributed by atoms with Crippen molar-refractivity contribution in [3.05, 3.63) is 59.7 Å². The van der Waals surface area contributed by atoms with Crippen molar-refractivity contribution in [3.8, 4) is 11.5 Å². The summed E-state index contributed by atoms with van der Waals surface area (Å²) in [4.78, 5) is 15.2. The zero-order valence-corrected chi connectivity index (χ0v) is 21.0. The number of nitrogens with one attached hydrogen (secondary N) is 1. The van der Waals surface area contributed by atoms with Gasteiger partial charge in [-0.1, -0.05) is 69.0 Å². The minimum absolute atomic E-state index is 0.0156. The Kier molecular flexibility index (Phi) is 9.43. The van der Waals surface area contributed by atoms with Gasteiger partial charge in [-0.2, -0.15) is 0 Å². The first-order valence-corrected chi connectivity index (χ1v) is 13.3. The van der Waals surface area contributed by atoms with Crippen molar-refractivity contribution < 1.29 is 19.4 Å². The number of carbonyl (C=O) groups is 1. The molecule has 1 fully saturated rings. The van der Waals surface area contributed by atoms with E-state index in [0.29, 0.717) is 43.6 Å². The molecule has 2 aliphatic heterocycles. The number of hydrogen-bond acceptors (Lipinski definition) is 5. The van der Waals surface area contributed by atoms with E-state index < -0.39 is 12.1 Å². The number of aliphatic hydroxyl groups excluding tert-OH is 1. The Labute approximate surface area is 209 Å². The Morgan fingerprint density at radius 1 is 1.06 bits per heavy atom. The van der Waals surface area contributed by atoms with E-state index in [0.717, 1.165) is 37.9 Å². The van der Waals surface area contributed by atoms with Crippen LogP contribution in [-0.2, 0) is 4.79 Å². The lowest BCUT2D eigenvalue weighted by Gasteiger charge is -2.29. The summed E-state index contributed by atoms with van der Waals surface area (Å²) in [6.45, 7) is 5.72. The highest BCUT2D eigenvalue weighted by atomic mass is 16.6. The van der Waals surface area contributed by atoms with Crippen LogP contribution in [0.2, 0.25) is 0 Å². The van der Waals surface area contributed by atoms with Gasteiger partial charge in [0.2, 0.25) is 5.91 Å². The van der Waals surface area contributed by atoms with E-state index in [1.54, 1.807) is 0 Å². The van der Waals surface area contributed by atoms with Gasteiger partial charge in [0.25, 0.3) is 0 Å². The fourth-order valence-corrected chi connectivity index (χ4v) is 5.14. The smallest absolute Gasteiger partial charge is 0.220 e. The van der Waals surface area contributed by atoms with Gasteiger partial charge >= 0.3 is 0 Å². The van der Waals surface area contributed by atoms with Crippen LogP contribution < -0.4 is 14.8 Å². The number of rotatable bonds is 12. The van der Waals surface area contributed by atoms with E-state index in [4.69, 9.17) is 9.47 Å². The number of nitrogens with zero attached hydrogens (tertiary/aromatic N) is 1. The molecule has 2 heterocycles. The standard InChI is InChI=1S/C29H40N2O4/c1-2-3-4-5-9-12-28(32)30-25(21-31-16-15-24(20-31)22-10-7-6-8-11-22)29(33)23-13-14-26-27(19-23)35-18-17-34-26/h6-8,10-11,13-14,19,24-25,29,33H,2-5,9,12,15-18,20-21H2,1H3,(H,30,32)/t24-,25+,29+/m0/s1. The molecule has 6 nitrogen and oxygen atoms in total. The van der Waals surface area contributed by atoms with Gasteiger partial charge in [-0.05, 0) is 48.6 Å². The van der Waals surface area contributed by atoms with E-state index in [1.807, 2.05) is 24.3 Å². The van der Waals surface area contributed by atoms with Crippen molar-refractivity contribution in [2.24, 2.45) is 0 Å². The van der Waals surface area contributed by atoms with Crippen LogP contribution in [0.3, 0.4) is 0 Å². The predicted molar refractivity (Wildman–Crippen MR) is 138 cm³/mol. The normalized spacial score (nSPS) is 19.3. The van der Waals surface area contributed by atoms with Crippen LogP contribution in [0.25, 0.3) is 0 Å². The van der Waals surface area contributed by atoms with E-state index in [9.17, 15) is 9.90 Å². The summed E-state index contributed by atoms with van der Waals surface area (Å²) in [5.74, 6) is 1.85. The lowest BCUT2D eigenvalue weighted by molar-refractivity contribution is -0.123. The number of fused-ring (bicyclic) bond motifs is 1. The van der Waals surface area contributed by atoms with E-state index in [2.05, 4.69) is 41.4 Å². The average Bonchev–Trinajstić information content (AvgIpc) is 3.36. The SMILES string of the molecule is CCCCCCCC(=O)N[C@H](CN1CC[C@H](c2ccccc2)C1)[C@H](O)c1ccc2c(c1)OCCO2. The second-order valence-electron chi connectivity index (χ2n) is 9.84. The van der Waals surface area contributed by atoms with Crippen LogP contribution in [0.15, 0.2) is 48.5 Å². The van der Waals surface area contributed by atoms with E-state index in [1.165, 1.54) is 24.8 Å². The maximum atomic E-state index is 12.8. The van der Waals surface area contributed by atoms with Gasteiger partial charge in [0.1, 0.15) is 19.3 Å². The Bertz CT molecular complexity index is 936. The highest BCUT2D eigenvalue weighted by Crippen LogP contribution is 2.34. The Hall–Kier alpha value is -2.57. The molecule has 0 aliphatic carbocycles.